The second kappa shape index (κ2) is 8.98. The summed E-state index contributed by atoms with van der Waals surface area (Å²) in [4.78, 5) is 12.9. The number of hydrogen-bond donors (Lipinski definition) is 2. The molecule has 1 amide bonds. The van der Waals surface area contributed by atoms with Gasteiger partial charge in [0, 0.05) is 10.9 Å². The van der Waals surface area contributed by atoms with Crippen molar-refractivity contribution in [2.24, 2.45) is 0 Å². The standard InChI is InChI=1S/C23H19Cl2N3O4/c1-30-19-10-14(11-20(31-2)21(19)32-3)23(29)26-22-15-6-4-13(9-18(15)27-28-22)12-5-7-16(24)17(25)8-12/h4-11H,1-3H3,(H2,26,27,28,29). The topological polar surface area (TPSA) is 85.5 Å². The van der Waals surface area contributed by atoms with Gasteiger partial charge in [0.15, 0.2) is 17.3 Å². The fourth-order valence-electron chi connectivity index (χ4n) is 3.36. The Balaban J connectivity index is 1.64. The van der Waals surface area contributed by atoms with Gasteiger partial charge in [-0.25, -0.2) is 0 Å². The van der Waals surface area contributed by atoms with Crippen molar-refractivity contribution in [3.05, 3.63) is 64.1 Å². The number of anilines is 1. The number of hydrogen-bond acceptors (Lipinski definition) is 5. The first-order valence-electron chi connectivity index (χ1n) is 9.50. The number of carbonyl (C=O) groups excluding carboxylic acids is 1. The Bertz CT molecular complexity index is 1300. The minimum absolute atomic E-state index is 0.336. The van der Waals surface area contributed by atoms with Gasteiger partial charge in [0.25, 0.3) is 5.91 Å². The molecule has 0 aliphatic carbocycles. The first kappa shape index (κ1) is 21.8. The summed E-state index contributed by atoms with van der Waals surface area (Å²) < 4.78 is 15.9. The van der Waals surface area contributed by atoms with Crippen molar-refractivity contribution < 1.29 is 19.0 Å². The third-order valence-electron chi connectivity index (χ3n) is 4.97. The van der Waals surface area contributed by atoms with E-state index in [1.807, 2.05) is 24.3 Å². The number of H-pyrrole nitrogens is 1. The van der Waals surface area contributed by atoms with Gasteiger partial charge < -0.3 is 19.5 Å². The molecule has 0 unspecified atom stereocenters. The summed E-state index contributed by atoms with van der Waals surface area (Å²) in [6.45, 7) is 0. The number of benzene rings is 3. The van der Waals surface area contributed by atoms with E-state index in [4.69, 9.17) is 37.4 Å². The number of nitrogens with one attached hydrogen (secondary N) is 2. The highest BCUT2D eigenvalue weighted by atomic mass is 35.5. The molecule has 4 rings (SSSR count). The fraction of sp³-hybridized carbons (Fsp3) is 0.130. The van der Waals surface area contributed by atoms with E-state index in [9.17, 15) is 4.79 Å². The third kappa shape index (κ3) is 4.04. The lowest BCUT2D eigenvalue weighted by atomic mass is 10.0. The Kier molecular flexibility index (Phi) is 6.12. The van der Waals surface area contributed by atoms with E-state index in [2.05, 4.69) is 15.5 Å². The van der Waals surface area contributed by atoms with E-state index in [1.54, 1.807) is 24.3 Å². The molecule has 0 saturated heterocycles. The smallest absolute Gasteiger partial charge is 0.257 e. The molecule has 1 aromatic heterocycles. The van der Waals surface area contributed by atoms with Crippen molar-refractivity contribution in [3.63, 3.8) is 0 Å². The van der Waals surface area contributed by atoms with Crippen molar-refractivity contribution in [3.8, 4) is 28.4 Å². The minimum atomic E-state index is -0.369. The van der Waals surface area contributed by atoms with E-state index in [0.29, 0.717) is 38.7 Å². The highest BCUT2D eigenvalue weighted by molar-refractivity contribution is 6.42. The molecule has 32 heavy (non-hydrogen) atoms. The molecular formula is C23H19Cl2N3O4. The van der Waals surface area contributed by atoms with Crippen molar-refractivity contribution >= 4 is 45.8 Å². The van der Waals surface area contributed by atoms with Crippen molar-refractivity contribution in [1.29, 1.82) is 0 Å². The number of ether oxygens (including phenoxy) is 3. The average molecular weight is 472 g/mol. The van der Waals surface area contributed by atoms with Crippen molar-refractivity contribution in [1.82, 2.24) is 10.2 Å². The molecule has 0 aliphatic rings. The molecule has 2 N–H and O–H groups in total. The first-order chi connectivity index (χ1) is 15.4. The summed E-state index contributed by atoms with van der Waals surface area (Å²) in [5.41, 5.74) is 2.94. The predicted octanol–water partition coefficient (Wildman–Crippen LogP) is 5.81. The van der Waals surface area contributed by atoms with Gasteiger partial charge in [-0.1, -0.05) is 35.3 Å². The highest BCUT2D eigenvalue weighted by Crippen LogP contribution is 2.38. The van der Waals surface area contributed by atoms with E-state index < -0.39 is 0 Å². The van der Waals surface area contributed by atoms with Crippen LogP contribution in [0.3, 0.4) is 0 Å². The number of methoxy groups -OCH3 is 3. The second-order valence-corrected chi connectivity index (χ2v) is 7.64. The van der Waals surface area contributed by atoms with Crippen LogP contribution < -0.4 is 19.5 Å². The van der Waals surface area contributed by atoms with E-state index in [-0.39, 0.29) is 5.91 Å². The highest BCUT2D eigenvalue weighted by Gasteiger charge is 2.18. The molecule has 0 atom stereocenters. The number of nitrogens with zero attached hydrogens (tertiary/aromatic N) is 1. The molecule has 0 spiro atoms. The zero-order valence-corrected chi connectivity index (χ0v) is 19.0. The summed E-state index contributed by atoms with van der Waals surface area (Å²) in [6.07, 6.45) is 0. The molecule has 0 bridgehead atoms. The van der Waals surface area contributed by atoms with Crippen molar-refractivity contribution in [2.45, 2.75) is 0 Å². The largest absolute Gasteiger partial charge is 0.493 e. The number of amides is 1. The van der Waals surface area contributed by atoms with Gasteiger partial charge in [0.1, 0.15) is 0 Å². The molecular weight excluding hydrogens is 453 g/mol. The maximum atomic E-state index is 12.9. The van der Waals surface area contributed by atoms with Crippen LogP contribution in [0.5, 0.6) is 17.2 Å². The molecule has 4 aromatic rings. The molecule has 0 radical (unpaired) electrons. The number of fused-ring (bicyclic) bond motifs is 1. The molecule has 0 saturated carbocycles. The van der Waals surface area contributed by atoms with E-state index in [0.717, 1.165) is 22.0 Å². The van der Waals surface area contributed by atoms with E-state index >= 15 is 0 Å². The Hall–Kier alpha value is -3.42. The number of carbonyl (C=O) groups is 1. The van der Waals surface area contributed by atoms with Crippen LogP contribution in [0, 0.1) is 0 Å². The lowest BCUT2D eigenvalue weighted by molar-refractivity contribution is 0.102. The summed E-state index contributed by atoms with van der Waals surface area (Å²) in [7, 11) is 4.49. The van der Waals surface area contributed by atoms with Gasteiger partial charge in [-0.2, -0.15) is 5.10 Å². The van der Waals surface area contributed by atoms with Gasteiger partial charge in [-0.05, 0) is 47.5 Å². The van der Waals surface area contributed by atoms with Crippen LogP contribution in [0.2, 0.25) is 10.0 Å². The maximum Gasteiger partial charge on any atom is 0.257 e. The minimum Gasteiger partial charge on any atom is -0.493 e. The zero-order chi connectivity index (χ0) is 22.8. The van der Waals surface area contributed by atoms with Gasteiger partial charge in [0.05, 0.1) is 36.9 Å². The Morgan fingerprint density at radius 2 is 1.53 bits per heavy atom. The molecule has 7 nitrogen and oxygen atoms in total. The van der Waals surface area contributed by atoms with Crippen LogP contribution in [0.1, 0.15) is 10.4 Å². The van der Waals surface area contributed by atoms with Crippen LogP contribution in [-0.4, -0.2) is 37.4 Å². The molecule has 9 heteroatoms. The summed E-state index contributed by atoms with van der Waals surface area (Å²) in [5.74, 6) is 1.21. The van der Waals surface area contributed by atoms with Crippen LogP contribution in [-0.2, 0) is 0 Å². The second-order valence-electron chi connectivity index (χ2n) is 6.83. The summed E-state index contributed by atoms with van der Waals surface area (Å²) in [5, 5.41) is 11.8. The SMILES string of the molecule is COc1cc(C(=O)Nc2n[nH]c3cc(-c4ccc(Cl)c(Cl)c4)ccc23)cc(OC)c1OC. The third-order valence-corrected chi connectivity index (χ3v) is 5.71. The molecule has 0 aliphatic heterocycles. The number of halogens is 2. The Morgan fingerprint density at radius 1 is 0.875 bits per heavy atom. The number of aromatic nitrogens is 2. The predicted molar refractivity (Wildman–Crippen MR) is 126 cm³/mol. The zero-order valence-electron chi connectivity index (χ0n) is 17.5. The Labute approximate surface area is 194 Å². The van der Waals surface area contributed by atoms with Crippen LogP contribution >= 0.6 is 23.2 Å². The van der Waals surface area contributed by atoms with Gasteiger partial charge >= 0.3 is 0 Å². The average Bonchev–Trinajstić information content (AvgIpc) is 3.21. The molecule has 164 valence electrons. The summed E-state index contributed by atoms with van der Waals surface area (Å²) >= 11 is 12.1. The fourth-order valence-corrected chi connectivity index (χ4v) is 3.66. The maximum absolute atomic E-state index is 12.9. The lowest BCUT2D eigenvalue weighted by Crippen LogP contribution is -2.13. The van der Waals surface area contributed by atoms with Crippen LogP contribution in [0.4, 0.5) is 5.82 Å². The lowest BCUT2D eigenvalue weighted by Gasteiger charge is -2.13. The molecule has 1 heterocycles. The number of rotatable bonds is 6. The summed E-state index contributed by atoms with van der Waals surface area (Å²) in [6, 6.07) is 14.3. The van der Waals surface area contributed by atoms with Crippen molar-refractivity contribution in [2.75, 3.05) is 26.6 Å². The first-order valence-corrected chi connectivity index (χ1v) is 10.3. The van der Waals surface area contributed by atoms with Gasteiger partial charge in [0.2, 0.25) is 5.75 Å². The van der Waals surface area contributed by atoms with Gasteiger partial charge in [-0.3, -0.25) is 9.89 Å². The van der Waals surface area contributed by atoms with Crippen LogP contribution in [0.15, 0.2) is 48.5 Å². The number of aromatic amines is 1. The Morgan fingerprint density at radius 3 is 2.16 bits per heavy atom. The monoisotopic (exact) mass is 471 g/mol. The van der Waals surface area contributed by atoms with Crippen LogP contribution in [0.25, 0.3) is 22.0 Å². The normalized spacial score (nSPS) is 10.8. The molecule has 3 aromatic carbocycles. The van der Waals surface area contributed by atoms with E-state index in [1.165, 1.54) is 21.3 Å². The van der Waals surface area contributed by atoms with Gasteiger partial charge in [-0.15, -0.1) is 0 Å². The molecule has 0 fully saturated rings. The quantitative estimate of drug-likeness (QED) is 0.370.